The molecule has 2 N–H and O–H groups in total. The third-order valence-electron chi connectivity index (χ3n) is 4.93. The first-order valence-electron chi connectivity index (χ1n) is 7.91. The zero-order chi connectivity index (χ0) is 14.7. The van der Waals surface area contributed by atoms with E-state index in [1.54, 1.807) is 6.20 Å². The molecule has 4 heteroatoms. The van der Waals surface area contributed by atoms with E-state index < -0.39 is 0 Å². The average molecular weight is 284 g/mol. The largest absolute Gasteiger partial charge is 0.310 e. The molecule has 3 unspecified atom stereocenters. The number of rotatable bonds is 4. The highest BCUT2D eigenvalue weighted by Crippen LogP contribution is 2.30. The molecule has 1 fully saturated rings. The van der Waals surface area contributed by atoms with Gasteiger partial charge in [-0.05, 0) is 30.4 Å². The van der Waals surface area contributed by atoms with Gasteiger partial charge in [-0.2, -0.15) is 5.10 Å². The van der Waals surface area contributed by atoms with Gasteiger partial charge in [0.1, 0.15) is 0 Å². The van der Waals surface area contributed by atoms with Crippen LogP contribution >= 0.6 is 0 Å². The SMILES string of the molecule is CC1CCCC(NCc2cn[nH]c2-c2cccnc2)C1C. The highest BCUT2D eigenvalue weighted by Gasteiger charge is 2.26. The standard InChI is InChI=1S/C17H24N4/c1-12-5-3-7-16(13(12)2)19-10-15-11-20-21-17(15)14-6-4-8-18-9-14/h4,6,8-9,11-13,16,19H,3,5,7,10H2,1-2H3,(H,20,21). The van der Waals surface area contributed by atoms with Crippen molar-refractivity contribution in [1.82, 2.24) is 20.5 Å². The smallest absolute Gasteiger partial charge is 0.0710 e. The van der Waals surface area contributed by atoms with Crippen LogP contribution in [-0.2, 0) is 6.54 Å². The molecule has 1 aliphatic carbocycles. The fraction of sp³-hybridized carbons (Fsp3) is 0.529. The van der Waals surface area contributed by atoms with Gasteiger partial charge in [-0.1, -0.05) is 26.7 Å². The number of nitrogens with zero attached hydrogens (tertiary/aromatic N) is 2. The lowest BCUT2D eigenvalue weighted by Gasteiger charge is -2.34. The Balaban J connectivity index is 1.68. The number of H-pyrrole nitrogens is 1. The molecule has 0 aromatic carbocycles. The molecule has 21 heavy (non-hydrogen) atoms. The Hall–Kier alpha value is -1.68. The number of hydrogen-bond donors (Lipinski definition) is 2. The maximum atomic E-state index is 4.20. The Bertz CT molecular complexity index is 563. The van der Waals surface area contributed by atoms with E-state index in [1.165, 1.54) is 24.8 Å². The van der Waals surface area contributed by atoms with Crippen LogP contribution < -0.4 is 5.32 Å². The zero-order valence-electron chi connectivity index (χ0n) is 12.8. The molecule has 3 rings (SSSR count). The molecule has 0 saturated heterocycles. The van der Waals surface area contributed by atoms with Crippen molar-refractivity contribution in [1.29, 1.82) is 0 Å². The molecular formula is C17H24N4. The van der Waals surface area contributed by atoms with Crippen molar-refractivity contribution in [2.45, 2.75) is 45.7 Å². The predicted octanol–water partition coefficient (Wildman–Crippen LogP) is 3.39. The van der Waals surface area contributed by atoms with Crippen LogP contribution in [-0.4, -0.2) is 21.2 Å². The Kier molecular flexibility index (Phi) is 4.34. The van der Waals surface area contributed by atoms with Crippen LogP contribution in [0.1, 0.15) is 38.7 Å². The highest BCUT2D eigenvalue weighted by molar-refractivity contribution is 5.61. The fourth-order valence-electron chi connectivity index (χ4n) is 3.32. The summed E-state index contributed by atoms with van der Waals surface area (Å²) in [4.78, 5) is 4.19. The quantitative estimate of drug-likeness (QED) is 0.905. The van der Waals surface area contributed by atoms with Crippen LogP contribution in [0.15, 0.2) is 30.7 Å². The number of nitrogens with one attached hydrogen (secondary N) is 2. The third kappa shape index (κ3) is 3.16. The average Bonchev–Trinajstić information content (AvgIpc) is 2.98. The normalized spacial score (nSPS) is 25.9. The lowest BCUT2D eigenvalue weighted by atomic mass is 9.78. The topological polar surface area (TPSA) is 53.6 Å². The summed E-state index contributed by atoms with van der Waals surface area (Å²) in [7, 11) is 0. The van der Waals surface area contributed by atoms with Crippen LogP contribution in [0.25, 0.3) is 11.3 Å². The van der Waals surface area contributed by atoms with E-state index in [4.69, 9.17) is 0 Å². The second kappa shape index (κ2) is 6.39. The number of aromatic nitrogens is 3. The minimum absolute atomic E-state index is 0.616. The first-order chi connectivity index (χ1) is 10.3. The van der Waals surface area contributed by atoms with E-state index in [1.807, 2.05) is 18.5 Å². The van der Waals surface area contributed by atoms with Crippen LogP contribution in [0, 0.1) is 11.8 Å². The van der Waals surface area contributed by atoms with Crippen molar-refractivity contribution in [3.05, 3.63) is 36.3 Å². The van der Waals surface area contributed by atoms with Gasteiger partial charge in [-0.15, -0.1) is 0 Å². The maximum Gasteiger partial charge on any atom is 0.0710 e. The van der Waals surface area contributed by atoms with Crippen LogP contribution in [0.5, 0.6) is 0 Å². The second-order valence-electron chi connectivity index (χ2n) is 6.27. The van der Waals surface area contributed by atoms with Gasteiger partial charge >= 0.3 is 0 Å². The van der Waals surface area contributed by atoms with Crippen LogP contribution in [0.2, 0.25) is 0 Å². The second-order valence-corrected chi connectivity index (χ2v) is 6.27. The van der Waals surface area contributed by atoms with Crippen molar-refractivity contribution in [3.63, 3.8) is 0 Å². The summed E-state index contributed by atoms with van der Waals surface area (Å²) in [5.41, 5.74) is 3.39. The lowest BCUT2D eigenvalue weighted by molar-refractivity contribution is 0.206. The van der Waals surface area contributed by atoms with Gasteiger partial charge in [-0.3, -0.25) is 10.1 Å². The predicted molar refractivity (Wildman–Crippen MR) is 84.6 cm³/mol. The van der Waals surface area contributed by atoms with Gasteiger partial charge in [0.2, 0.25) is 0 Å². The van der Waals surface area contributed by atoms with Crippen molar-refractivity contribution < 1.29 is 0 Å². The summed E-state index contributed by atoms with van der Waals surface area (Å²) in [6.07, 6.45) is 9.58. The molecule has 0 bridgehead atoms. The molecule has 2 heterocycles. The monoisotopic (exact) mass is 284 g/mol. The summed E-state index contributed by atoms with van der Waals surface area (Å²) in [5.74, 6) is 1.56. The summed E-state index contributed by atoms with van der Waals surface area (Å²) in [6, 6.07) is 4.64. The van der Waals surface area contributed by atoms with E-state index in [-0.39, 0.29) is 0 Å². The molecule has 0 amide bonds. The van der Waals surface area contributed by atoms with Crippen molar-refractivity contribution in [2.75, 3.05) is 0 Å². The van der Waals surface area contributed by atoms with Crippen LogP contribution in [0.4, 0.5) is 0 Å². The van der Waals surface area contributed by atoms with Gasteiger partial charge in [0.05, 0.1) is 11.9 Å². The van der Waals surface area contributed by atoms with Crippen molar-refractivity contribution in [2.24, 2.45) is 11.8 Å². The number of aromatic amines is 1. The molecule has 2 aromatic heterocycles. The summed E-state index contributed by atoms with van der Waals surface area (Å²) in [6.45, 7) is 5.61. The minimum Gasteiger partial charge on any atom is -0.310 e. The fourth-order valence-corrected chi connectivity index (χ4v) is 3.32. The molecular weight excluding hydrogens is 260 g/mol. The molecule has 0 radical (unpaired) electrons. The lowest BCUT2D eigenvalue weighted by Crippen LogP contribution is -2.40. The molecule has 1 aliphatic rings. The molecule has 4 nitrogen and oxygen atoms in total. The molecule has 0 spiro atoms. The molecule has 112 valence electrons. The van der Waals surface area contributed by atoms with E-state index in [0.29, 0.717) is 6.04 Å². The van der Waals surface area contributed by atoms with Gasteiger partial charge in [0.25, 0.3) is 0 Å². The Morgan fingerprint density at radius 1 is 1.29 bits per heavy atom. The van der Waals surface area contributed by atoms with Gasteiger partial charge in [0, 0.05) is 36.1 Å². The Labute approximate surface area is 126 Å². The van der Waals surface area contributed by atoms with Crippen molar-refractivity contribution >= 4 is 0 Å². The third-order valence-corrected chi connectivity index (χ3v) is 4.93. The first-order valence-corrected chi connectivity index (χ1v) is 7.91. The van der Waals surface area contributed by atoms with E-state index in [9.17, 15) is 0 Å². The van der Waals surface area contributed by atoms with Gasteiger partial charge < -0.3 is 5.32 Å². The van der Waals surface area contributed by atoms with E-state index in [2.05, 4.69) is 40.4 Å². The number of pyridine rings is 1. The van der Waals surface area contributed by atoms with Gasteiger partial charge in [-0.25, -0.2) is 0 Å². The molecule has 1 saturated carbocycles. The highest BCUT2D eigenvalue weighted by atomic mass is 15.1. The Morgan fingerprint density at radius 2 is 2.19 bits per heavy atom. The Morgan fingerprint density at radius 3 is 3.00 bits per heavy atom. The van der Waals surface area contributed by atoms with Gasteiger partial charge in [0.15, 0.2) is 0 Å². The van der Waals surface area contributed by atoms with Crippen LogP contribution in [0.3, 0.4) is 0 Å². The summed E-state index contributed by atoms with van der Waals surface area (Å²) < 4.78 is 0. The summed E-state index contributed by atoms with van der Waals surface area (Å²) >= 11 is 0. The minimum atomic E-state index is 0.616. The van der Waals surface area contributed by atoms with Crippen molar-refractivity contribution in [3.8, 4) is 11.3 Å². The maximum absolute atomic E-state index is 4.20. The zero-order valence-corrected chi connectivity index (χ0v) is 12.8. The van der Waals surface area contributed by atoms with E-state index in [0.717, 1.165) is 29.6 Å². The molecule has 3 atom stereocenters. The first kappa shape index (κ1) is 14.3. The van der Waals surface area contributed by atoms with E-state index >= 15 is 0 Å². The number of hydrogen-bond acceptors (Lipinski definition) is 3. The molecule has 2 aromatic rings. The summed E-state index contributed by atoms with van der Waals surface area (Å²) in [5, 5.41) is 11.0. The molecule has 0 aliphatic heterocycles.